The van der Waals surface area contributed by atoms with Crippen molar-refractivity contribution in [2.45, 2.75) is 212 Å². The van der Waals surface area contributed by atoms with E-state index in [1.54, 1.807) is 0 Å². The fourth-order valence-corrected chi connectivity index (χ4v) is 9.81. The Bertz CT molecular complexity index is 999. The number of aliphatic hydroxyl groups excluding tert-OH is 1. The highest BCUT2D eigenvalue weighted by molar-refractivity contribution is 5.70. The fourth-order valence-electron chi connectivity index (χ4n) is 9.81. The maximum atomic E-state index is 12.7. The quantitative estimate of drug-likeness (QED) is 0.0569. The largest absolute Gasteiger partial charge is 0.456 e. The van der Waals surface area contributed by atoms with E-state index in [0.717, 1.165) is 73.0 Å². The highest BCUT2D eigenvalue weighted by Gasteiger charge is 2.46. The van der Waals surface area contributed by atoms with E-state index >= 15 is 0 Å². The molecule has 0 aromatic heterocycles. The van der Waals surface area contributed by atoms with Gasteiger partial charge in [-0.2, -0.15) is 0 Å². The highest BCUT2D eigenvalue weighted by atomic mass is 16.6. The molecule has 5 fully saturated rings. The molecule has 0 aromatic rings. The molecule has 0 aromatic carbocycles. The van der Waals surface area contributed by atoms with Crippen LogP contribution in [-0.4, -0.2) is 48.6 Å². The monoisotopic (exact) mass is 715 g/mol. The van der Waals surface area contributed by atoms with Crippen LogP contribution in [0.3, 0.4) is 0 Å². The topological polar surface area (TPSA) is 82.1 Å². The molecule has 8 unspecified atom stereocenters. The number of hydrogen-bond donors (Lipinski definition) is 1. The van der Waals surface area contributed by atoms with Crippen molar-refractivity contribution >= 4 is 11.9 Å². The van der Waals surface area contributed by atoms with Gasteiger partial charge in [-0.25, -0.2) is 0 Å². The van der Waals surface area contributed by atoms with Crippen molar-refractivity contribution in [1.29, 1.82) is 0 Å². The van der Waals surface area contributed by atoms with Gasteiger partial charge in [0.1, 0.15) is 6.10 Å². The first-order valence-electron chi connectivity index (χ1n) is 22.6. The molecule has 5 rings (SSSR count). The van der Waals surface area contributed by atoms with Gasteiger partial charge in [0.15, 0.2) is 12.2 Å². The first-order valence-corrected chi connectivity index (χ1v) is 22.6. The minimum atomic E-state index is -0.724. The van der Waals surface area contributed by atoms with E-state index < -0.39 is 18.3 Å². The lowest BCUT2D eigenvalue weighted by molar-refractivity contribution is -0.166. The maximum absolute atomic E-state index is 12.7. The number of rotatable bonds is 31. The summed E-state index contributed by atoms with van der Waals surface area (Å²) in [5.74, 6) is 7.74. The zero-order valence-corrected chi connectivity index (χ0v) is 33.1. The lowest BCUT2D eigenvalue weighted by Gasteiger charge is -2.22. The van der Waals surface area contributed by atoms with E-state index in [4.69, 9.17) is 14.2 Å². The Kier molecular flexibility index (Phi) is 17.9. The van der Waals surface area contributed by atoms with Crippen molar-refractivity contribution in [2.75, 3.05) is 13.2 Å². The first-order chi connectivity index (χ1) is 25.0. The number of esters is 2. The molecule has 294 valence electrons. The maximum Gasteiger partial charge on any atom is 0.306 e. The van der Waals surface area contributed by atoms with Crippen molar-refractivity contribution < 1.29 is 28.9 Å². The summed E-state index contributed by atoms with van der Waals surface area (Å²) in [6.45, 7) is 4.51. The number of ether oxygens (including phenoxy) is 3. The second-order valence-electron chi connectivity index (χ2n) is 18.1. The van der Waals surface area contributed by atoms with Crippen LogP contribution in [0.4, 0.5) is 0 Å². The van der Waals surface area contributed by atoms with Crippen LogP contribution in [0.5, 0.6) is 0 Å². The van der Waals surface area contributed by atoms with Gasteiger partial charge in [-0.3, -0.25) is 9.59 Å². The Morgan fingerprint density at radius 3 is 1.35 bits per heavy atom. The smallest absolute Gasteiger partial charge is 0.306 e. The minimum absolute atomic E-state index is 0.166. The van der Waals surface area contributed by atoms with E-state index in [9.17, 15) is 14.7 Å². The van der Waals surface area contributed by atoms with E-state index in [-0.39, 0.29) is 25.2 Å². The number of carbonyl (C=O) groups excluding carboxylic acids is 2. The van der Waals surface area contributed by atoms with Crippen LogP contribution in [-0.2, 0) is 23.8 Å². The zero-order valence-electron chi connectivity index (χ0n) is 33.1. The van der Waals surface area contributed by atoms with Gasteiger partial charge in [-0.1, -0.05) is 129 Å². The molecule has 1 saturated heterocycles. The second-order valence-corrected chi connectivity index (χ2v) is 18.1. The highest BCUT2D eigenvalue weighted by Crippen LogP contribution is 2.55. The van der Waals surface area contributed by atoms with Crippen molar-refractivity contribution in [2.24, 2.45) is 47.3 Å². The third-order valence-electron chi connectivity index (χ3n) is 13.7. The lowest BCUT2D eigenvalue weighted by Crippen LogP contribution is -2.39. The van der Waals surface area contributed by atoms with Gasteiger partial charge in [0.05, 0.1) is 13.2 Å². The van der Waals surface area contributed by atoms with E-state index in [1.165, 1.54) is 141 Å². The van der Waals surface area contributed by atoms with Crippen LogP contribution in [0.25, 0.3) is 0 Å². The van der Waals surface area contributed by atoms with Crippen LogP contribution in [0.1, 0.15) is 194 Å². The van der Waals surface area contributed by atoms with Crippen molar-refractivity contribution in [1.82, 2.24) is 0 Å². The van der Waals surface area contributed by atoms with Gasteiger partial charge in [0.2, 0.25) is 0 Å². The summed E-state index contributed by atoms with van der Waals surface area (Å²) in [6.07, 6.45) is 33.1. The Morgan fingerprint density at radius 2 is 0.922 bits per heavy atom. The number of hydrogen-bond acceptors (Lipinski definition) is 6. The zero-order chi connectivity index (χ0) is 35.8. The molecule has 5 aliphatic rings. The van der Waals surface area contributed by atoms with Gasteiger partial charge in [0.25, 0.3) is 0 Å². The summed E-state index contributed by atoms with van der Waals surface area (Å²) in [4.78, 5) is 25.3. The first kappa shape index (κ1) is 41.0. The molecule has 4 aliphatic carbocycles. The number of aliphatic hydroxyl groups is 1. The molecular formula is C45H78O6. The molecule has 0 radical (unpaired) electrons. The summed E-state index contributed by atoms with van der Waals surface area (Å²) in [6, 6.07) is 0. The Labute approximate surface area is 312 Å². The van der Waals surface area contributed by atoms with Crippen LogP contribution in [0, 0.1) is 47.3 Å². The van der Waals surface area contributed by atoms with E-state index in [1.807, 2.05) is 0 Å². The predicted molar refractivity (Wildman–Crippen MR) is 205 cm³/mol. The molecule has 4 saturated carbocycles. The van der Waals surface area contributed by atoms with Crippen LogP contribution < -0.4 is 0 Å². The van der Waals surface area contributed by atoms with Crippen LogP contribution in [0.2, 0.25) is 0 Å². The Morgan fingerprint density at radius 1 is 0.529 bits per heavy atom. The molecule has 1 heterocycles. The van der Waals surface area contributed by atoms with Crippen molar-refractivity contribution in [3.8, 4) is 0 Å². The third-order valence-corrected chi connectivity index (χ3v) is 13.7. The summed E-state index contributed by atoms with van der Waals surface area (Å²) in [5, 5.41) is 9.78. The van der Waals surface area contributed by atoms with Crippen LogP contribution in [0.15, 0.2) is 0 Å². The molecule has 1 N–H and O–H groups in total. The lowest BCUT2D eigenvalue weighted by atomic mass is 10.0. The predicted octanol–water partition coefficient (Wildman–Crippen LogP) is 11.1. The summed E-state index contributed by atoms with van der Waals surface area (Å²) in [5.41, 5.74) is 0. The molecule has 6 nitrogen and oxygen atoms in total. The Balaban J connectivity index is 0.814. The summed E-state index contributed by atoms with van der Waals surface area (Å²) < 4.78 is 17.1. The second kappa shape index (κ2) is 22.3. The molecule has 51 heavy (non-hydrogen) atoms. The molecule has 11 atom stereocenters. The third kappa shape index (κ3) is 15.3. The van der Waals surface area contributed by atoms with Crippen molar-refractivity contribution in [3.05, 3.63) is 0 Å². The summed E-state index contributed by atoms with van der Waals surface area (Å²) in [7, 11) is 0. The number of unbranched alkanes of at least 4 members (excludes halogenated alkanes) is 12. The summed E-state index contributed by atoms with van der Waals surface area (Å²) >= 11 is 0. The van der Waals surface area contributed by atoms with Gasteiger partial charge in [-0.05, 0) is 98.7 Å². The average molecular weight is 715 g/mol. The average Bonchev–Trinajstić information content (AvgIpc) is 4.00. The molecule has 1 aliphatic heterocycles. The van der Waals surface area contributed by atoms with Crippen LogP contribution >= 0.6 is 0 Å². The van der Waals surface area contributed by atoms with Gasteiger partial charge in [0, 0.05) is 12.8 Å². The van der Waals surface area contributed by atoms with Gasteiger partial charge < -0.3 is 19.3 Å². The molecule has 0 amide bonds. The molecule has 0 bridgehead atoms. The SMILES string of the molecule is CCCCCC1CC1CC1CC1CCCCCCCC(=O)O[C@@H]1[C@@H](OC(=O)CCCCCCCC2CC2CC2CC2CCCCC)CO[C@@H]1CO. The van der Waals surface area contributed by atoms with E-state index in [2.05, 4.69) is 13.8 Å². The molecule has 6 heteroatoms. The molecular weight excluding hydrogens is 636 g/mol. The van der Waals surface area contributed by atoms with E-state index in [0.29, 0.717) is 12.8 Å². The normalized spacial score (nSPS) is 33.3. The minimum Gasteiger partial charge on any atom is -0.456 e. The fraction of sp³-hybridized carbons (Fsp3) is 0.956. The van der Waals surface area contributed by atoms with Crippen molar-refractivity contribution in [3.63, 3.8) is 0 Å². The Hall–Kier alpha value is -1.14. The number of carbonyl (C=O) groups is 2. The molecule has 0 spiro atoms. The van der Waals surface area contributed by atoms with Gasteiger partial charge >= 0.3 is 11.9 Å². The standard InChI is InChI=1S/C45H78O6/c1-3-5-13-19-33-25-37(33)29-39-27-35(39)21-15-9-7-11-17-23-43(47)50-42-32-49-41(31-46)45(42)51-44(48)24-18-12-8-10-16-22-36-28-40(36)30-38-26-34(38)20-14-6-4-2/h33-42,45-46H,3-32H2,1-2H3/t33?,34?,35?,36?,37?,38?,39?,40?,41-,42+,45+/m1/s1. The van der Waals surface area contributed by atoms with Gasteiger partial charge in [-0.15, -0.1) is 0 Å².